The van der Waals surface area contributed by atoms with Crippen LogP contribution in [0, 0.1) is 9.49 Å². The maximum absolute atomic E-state index is 12.9. The van der Waals surface area contributed by atoms with Crippen molar-refractivity contribution in [2.75, 3.05) is 13.2 Å². The average Bonchev–Trinajstić information content (AvgIpc) is 2.77. The van der Waals surface area contributed by atoms with Crippen LogP contribution in [0.15, 0.2) is 66.4 Å². The Kier molecular flexibility index (Phi) is 8.72. The fourth-order valence-corrected chi connectivity index (χ4v) is 4.05. The number of carbonyl (C=O) groups is 1. The maximum atomic E-state index is 12.9. The van der Waals surface area contributed by atoms with Gasteiger partial charge in [0.25, 0.3) is 5.91 Å². The first-order valence-electron chi connectivity index (χ1n) is 10.3. The van der Waals surface area contributed by atoms with Crippen LogP contribution in [0.1, 0.15) is 36.8 Å². The molecule has 2 aromatic carbocycles. The minimum Gasteiger partial charge on any atom is -0.459 e. The van der Waals surface area contributed by atoms with Gasteiger partial charge in [-0.2, -0.15) is 0 Å². The van der Waals surface area contributed by atoms with E-state index in [1.54, 1.807) is 0 Å². The van der Waals surface area contributed by atoms with Crippen LogP contribution >= 0.6 is 22.6 Å². The van der Waals surface area contributed by atoms with Crippen molar-refractivity contribution in [2.24, 2.45) is 5.92 Å². The molecule has 6 heteroatoms. The molecule has 1 amide bonds. The highest BCUT2D eigenvalue weighted by Crippen LogP contribution is 2.39. The van der Waals surface area contributed by atoms with Crippen molar-refractivity contribution in [1.29, 1.82) is 0 Å². The zero-order valence-corrected chi connectivity index (χ0v) is 19.2. The summed E-state index contributed by atoms with van der Waals surface area (Å²) in [5, 5.41) is 12.3. The third-order valence-electron chi connectivity index (χ3n) is 5.19. The van der Waals surface area contributed by atoms with Crippen LogP contribution in [0.2, 0.25) is 0 Å². The number of benzene rings is 2. The summed E-state index contributed by atoms with van der Waals surface area (Å²) in [5.41, 5.74) is 2.14. The first kappa shape index (κ1) is 22.8. The van der Waals surface area contributed by atoms with Crippen LogP contribution in [0.5, 0.6) is 0 Å². The van der Waals surface area contributed by atoms with Crippen LogP contribution in [0.4, 0.5) is 0 Å². The van der Waals surface area contributed by atoms with E-state index in [0.717, 1.165) is 21.1 Å². The van der Waals surface area contributed by atoms with Gasteiger partial charge in [0.1, 0.15) is 0 Å². The highest BCUT2D eigenvalue weighted by atomic mass is 127. The number of nitrogens with one attached hydrogen (secondary N) is 1. The molecule has 0 unspecified atom stereocenters. The highest BCUT2D eigenvalue weighted by Gasteiger charge is 2.37. The van der Waals surface area contributed by atoms with E-state index in [-0.39, 0.29) is 30.1 Å². The predicted octanol–water partition coefficient (Wildman–Crippen LogP) is 4.36. The highest BCUT2D eigenvalue weighted by molar-refractivity contribution is 14.1. The zero-order valence-electron chi connectivity index (χ0n) is 17.1. The Morgan fingerprint density at radius 2 is 1.90 bits per heavy atom. The Labute approximate surface area is 191 Å². The van der Waals surface area contributed by atoms with E-state index in [1.807, 2.05) is 43.3 Å². The first-order valence-corrected chi connectivity index (χ1v) is 11.4. The second-order valence-electron chi connectivity index (χ2n) is 7.25. The monoisotopic (exact) mass is 521 g/mol. The van der Waals surface area contributed by atoms with Gasteiger partial charge in [-0.25, -0.2) is 0 Å². The molecule has 0 aromatic heterocycles. The second kappa shape index (κ2) is 11.5. The molecular formula is C24H28INO4. The number of carbonyl (C=O) groups excluding carboxylic acids is 1. The second-order valence-corrected chi connectivity index (χ2v) is 8.49. The molecule has 160 valence electrons. The van der Waals surface area contributed by atoms with E-state index >= 15 is 0 Å². The number of allylic oxidation sites excluding steroid dienone is 1. The molecular weight excluding hydrogens is 493 g/mol. The lowest BCUT2D eigenvalue weighted by Gasteiger charge is -2.37. The Balaban J connectivity index is 1.85. The van der Waals surface area contributed by atoms with Gasteiger partial charge in [0.05, 0.1) is 0 Å². The maximum Gasteiger partial charge on any atom is 0.286 e. The number of ether oxygens (including phenoxy) is 2. The van der Waals surface area contributed by atoms with Gasteiger partial charge in [0.15, 0.2) is 5.76 Å². The molecule has 0 radical (unpaired) electrons. The predicted molar refractivity (Wildman–Crippen MR) is 125 cm³/mol. The van der Waals surface area contributed by atoms with Crippen molar-refractivity contribution in [2.45, 2.75) is 38.5 Å². The van der Waals surface area contributed by atoms with E-state index in [2.05, 4.69) is 52.2 Å². The summed E-state index contributed by atoms with van der Waals surface area (Å²) >= 11 is 2.28. The molecule has 3 rings (SSSR count). The molecule has 0 fully saturated rings. The van der Waals surface area contributed by atoms with Gasteiger partial charge in [0.2, 0.25) is 6.29 Å². The summed E-state index contributed by atoms with van der Waals surface area (Å²) in [7, 11) is 0. The lowest BCUT2D eigenvalue weighted by molar-refractivity contribution is -0.166. The van der Waals surface area contributed by atoms with Crippen LogP contribution in [-0.2, 0) is 20.8 Å². The molecule has 1 aliphatic rings. The van der Waals surface area contributed by atoms with Crippen molar-refractivity contribution >= 4 is 28.5 Å². The van der Waals surface area contributed by atoms with E-state index in [1.165, 1.54) is 0 Å². The molecule has 0 aliphatic carbocycles. The molecule has 1 heterocycles. The van der Waals surface area contributed by atoms with Crippen molar-refractivity contribution in [3.63, 3.8) is 0 Å². The summed E-state index contributed by atoms with van der Waals surface area (Å²) in [6, 6.07) is 18.1. The van der Waals surface area contributed by atoms with Gasteiger partial charge in [0, 0.05) is 35.2 Å². The third kappa shape index (κ3) is 6.06. The molecule has 0 spiro atoms. The number of hydrogen-bond donors (Lipinski definition) is 2. The Morgan fingerprint density at radius 1 is 1.17 bits per heavy atom. The number of halogens is 1. The van der Waals surface area contributed by atoms with Crippen molar-refractivity contribution in [1.82, 2.24) is 5.32 Å². The lowest BCUT2D eigenvalue weighted by Crippen LogP contribution is -2.39. The molecule has 1 aliphatic heterocycles. The van der Waals surface area contributed by atoms with E-state index < -0.39 is 6.29 Å². The van der Waals surface area contributed by atoms with Crippen molar-refractivity contribution < 1.29 is 19.4 Å². The summed E-state index contributed by atoms with van der Waals surface area (Å²) in [4.78, 5) is 12.9. The average molecular weight is 521 g/mol. The Morgan fingerprint density at radius 3 is 2.57 bits per heavy atom. The molecule has 3 atom stereocenters. The van der Waals surface area contributed by atoms with E-state index in [0.29, 0.717) is 19.6 Å². The molecule has 5 nitrogen and oxygen atoms in total. The molecule has 2 N–H and O–H groups in total. The largest absolute Gasteiger partial charge is 0.459 e. The van der Waals surface area contributed by atoms with Gasteiger partial charge >= 0.3 is 0 Å². The molecule has 0 saturated carbocycles. The number of hydrogen-bond acceptors (Lipinski definition) is 4. The smallest absolute Gasteiger partial charge is 0.286 e. The number of aliphatic hydroxyl groups is 1. The number of rotatable bonds is 9. The van der Waals surface area contributed by atoms with Gasteiger partial charge in [-0.3, -0.25) is 4.79 Å². The quantitative estimate of drug-likeness (QED) is 0.482. The summed E-state index contributed by atoms with van der Waals surface area (Å²) in [6.45, 7) is 2.95. The van der Waals surface area contributed by atoms with Gasteiger partial charge in [-0.15, -0.1) is 0 Å². The zero-order chi connectivity index (χ0) is 21.3. The van der Waals surface area contributed by atoms with Crippen LogP contribution in [0.3, 0.4) is 0 Å². The topological polar surface area (TPSA) is 67.8 Å². The summed E-state index contributed by atoms with van der Waals surface area (Å²) in [6.07, 6.45) is 2.77. The normalized spacial score (nSPS) is 20.9. The van der Waals surface area contributed by atoms with Crippen LogP contribution in [-0.4, -0.2) is 30.5 Å². The molecule has 30 heavy (non-hydrogen) atoms. The SMILES string of the molecule is CCO[C@@H]1OC(C(=O)NCc2ccccc2)=C[C@H](c2ccc(I)cc2)[C@H]1CCCO. The third-order valence-corrected chi connectivity index (χ3v) is 5.91. The Hall–Kier alpha value is -1.90. The molecule has 2 aromatic rings. The summed E-state index contributed by atoms with van der Waals surface area (Å²) < 4.78 is 13.0. The number of amides is 1. The number of aliphatic hydroxyl groups excluding tert-OH is 1. The van der Waals surface area contributed by atoms with E-state index in [4.69, 9.17) is 9.47 Å². The minimum absolute atomic E-state index is 0.0165. The first-order chi connectivity index (χ1) is 14.6. The molecule has 0 saturated heterocycles. The van der Waals surface area contributed by atoms with Crippen LogP contribution < -0.4 is 5.32 Å². The van der Waals surface area contributed by atoms with Gasteiger partial charge in [-0.1, -0.05) is 42.5 Å². The van der Waals surface area contributed by atoms with Crippen molar-refractivity contribution in [3.05, 3.63) is 81.1 Å². The van der Waals surface area contributed by atoms with Crippen molar-refractivity contribution in [3.8, 4) is 0 Å². The summed E-state index contributed by atoms with van der Waals surface area (Å²) in [5.74, 6) is 0.0204. The van der Waals surface area contributed by atoms with Gasteiger partial charge < -0.3 is 19.9 Å². The van der Waals surface area contributed by atoms with Crippen LogP contribution in [0.25, 0.3) is 0 Å². The standard InChI is InChI=1S/C24H28INO4/c1-2-29-24-20(9-6-14-27)21(18-10-12-19(25)13-11-18)15-22(30-24)23(28)26-16-17-7-4-3-5-8-17/h3-5,7-8,10-13,15,20-21,24,27H,2,6,9,14,16H2,1H3,(H,26,28)/t20-,21-,24-/m1/s1. The Bertz CT molecular complexity index is 838. The lowest BCUT2D eigenvalue weighted by atomic mass is 9.80. The minimum atomic E-state index is -0.534. The van der Waals surface area contributed by atoms with Gasteiger partial charge in [-0.05, 0) is 71.7 Å². The van der Waals surface area contributed by atoms with E-state index in [9.17, 15) is 9.90 Å². The fraction of sp³-hybridized carbons (Fsp3) is 0.375. The fourth-order valence-electron chi connectivity index (χ4n) is 3.70. The molecule has 0 bridgehead atoms.